The van der Waals surface area contributed by atoms with Gasteiger partial charge in [0, 0.05) is 5.56 Å². The van der Waals surface area contributed by atoms with Crippen LogP contribution in [0.15, 0.2) is 18.3 Å². The molecule has 0 fully saturated rings. The van der Waals surface area contributed by atoms with Gasteiger partial charge >= 0.3 is 0 Å². The maximum Gasteiger partial charge on any atom is 0.222 e. The number of aromatic nitrogens is 2. The van der Waals surface area contributed by atoms with Crippen LogP contribution in [0.4, 0.5) is 11.8 Å². The fraction of sp³-hybridized carbons (Fsp3) is 0.312. The Morgan fingerprint density at radius 2 is 1.96 bits per heavy atom. The normalized spacial score (nSPS) is 10.7. The summed E-state index contributed by atoms with van der Waals surface area (Å²) in [6.07, 6.45) is 1.44. The van der Waals surface area contributed by atoms with E-state index in [0.717, 1.165) is 9.13 Å². The first kappa shape index (κ1) is 18.2. The highest BCUT2D eigenvalue weighted by Gasteiger charge is 2.16. The second-order valence-corrected chi connectivity index (χ2v) is 6.71. The molecule has 1 heterocycles. The van der Waals surface area contributed by atoms with Gasteiger partial charge in [-0.05, 0) is 47.6 Å². The molecule has 1 aromatic heterocycles. The van der Waals surface area contributed by atoms with Gasteiger partial charge in [0.2, 0.25) is 5.95 Å². The number of ketones is 1. The van der Waals surface area contributed by atoms with E-state index >= 15 is 0 Å². The quantitative estimate of drug-likeness (QED) is 0.661. The van der Waals surface area contributed by atoms with Gasteiger partial charge in [0.15, 0.2) is 17.4 Å². The summed E-state index contributed by atoms with van der Waals surface area (Å²) in [6, 6.07) is 3.71. The number of nitrogen functional groups attached to an aromatic ring is 2. The van der Waals surface area contributed by atoms with E-state index in [4.69, 9.17) is 20.9 Å². The van der Waals surface area contributed by atoms with Gasteiger partial charge in [-0.2, -0.15) is 4.98 Å². The molecular formula is C16H19IN4O3. The molecule has 0 aliphatic carbocycles. The van der Waals surface area contributed by atoms with E-state index in [1.165, 1.54) is 13.1 Å². The Morgan fingerprint density at radius 1 is 1.25 bits per heavy atom. The molecule has 0 saturated carbocycles. The Morgan fingerprint density at radius 3 is 2.54 bits per heavy atom. The topological polar surface area (TPSA) is 113 Å². The average molecular weight is 442 g/mol. The molecule has 0 atom stereocenters. The standard InChI is InChI=1S/C16H19IN4O3/c1-8(2)10-4-13(23-7-9(3)22)11(17)5-12(10)24-14-6-20-16(19)21-15(14)18/h4-6,8H,7H2,1-3H3,(H4,18,19,20,21). The van der Waals surface area contributed by atoms with Crippen molar-refractivity contribution in [2.24, 2.45) is 0 Å². The van der Waals surface area contributed by atoms with Crippen LogP contribution in [0.25, 0.3) is 0 Å². The first-order valence-corrected chi connectivity index (χ1v) is 8.37. The summed E-state index contributed by atoms with van der Waals surface area (Å²) in [6.45, 7) is 5.59. The highest BCUT2D eigenvalue weighted by Crippen LogP contribution is 2.37. The molecule has 0 radical (unpaired) electrons. The molecule has 7 nitrogen and oxygen atoms in total. The lowest BCUT2D eigenvalue weighted by Gasteiger charge is -2.17. The summed E-state index contributed by atoms with van der Waals surface area (Å²) < 4.78 is 12.3. The number of carbonyl (C=O) groups excluding carboxylic acids is 1. The zero-order valence-electron chi connectivity index (χ0n) is 13.7. The fourth-order valence-corrected chi connectivity index (χ4v) is 2.57. The van der Waals surface area contributed by atoms with E-state index in [1.807, 2.05) is 26.0 Å². The van der Waals surface area contributed by atoms with E-state index < -0.39 is 0 Å². The molecule has 1 aromatic carbocycles. The predicted octanol–water partition coefficient (Wildman–Crippen LogP) is 3.13. The third kappa shape index (κ3) is 4.47. The third-order valence-electron chi connectivity index (χ3n) is 3.14. The second-order valence-electron chi connectivity index (χ2n) is 5.55. The Hall–Kier alpha value is -2.10. The Balaban J connectivity index is 2.38. The second kappa shape index (κ2) is 7.65. The SMILES string of the molecule is CC(=O)COc1cc(C(C)C)c(Oc2cnc(N)nc2N)cc1I. The summed E-state index contributed by atoms with van der Waals surface area (Å²) in [5, 5.41) is 0. The number of hydrogen-bond acceptors (Lipinski definition) is 7. The third-order valence-corrected chi connectivity index (χ3v) is 3.98. The summed E-state index contributed by atoms with van der Waals surface area (Å²) in [4.78, 5) is 18.9. The van der Waals surface area contributed by atoms with Crippen LogP contribution in [-0.4, -0.2) is 22.4 Å². The van der Waals surface area contributed by atoms with E-state index in [2.05, 4.69) is 32.6 Å². The minimum absolute atomic E-state index is 0.0342. The minimum Gasteiger partial charge on any atom is -0.485 e. The fourth-order valence-electron chi connectivity index (χ4n) is 1.98. The molecule has 8 heteroatoms. The van der Waals surface area contributed by atoms with Crippen LogP contribution in [0.2, 0.25) is 0 Å². The lowest BCUT2D eigenvalue weighted by molar-refractivity contribution is -0.118. The van der Waals surface area contributed by atoms with Crippen molar-refractivity contribution in [1.82, 2.24) is 9.97 Å². The molecule has 0 aliphatic heterocycles. The number of hydrogen-bond donors (Lipinski definition) is 2. The van der Waals surface area contributed by atoms with Gasteiger partial charge in [-0.15, -0.1) is 0 Å². The van der Waals surface area contributed by atoms with Gasteiger partial charge in [-0.25, -0.2) is 4.98 Å². The number of anilines is 2. The van der Waals surface area contributed by atoms with E-state index in [1.54, 1.807) is 0 Å². The molecule has 0 spiro atoms. The summed E-state index contributed by atoms with van der Waals surface area (Å²) >= 11 is 2.13. The van der Waals surface area contributed by atoms with Crippen LogP contribution in [0.3, 0.4) is 0 Å². The Kier molecular flexibility index (Phi) is 5.81. The van der Waals surface area contributed by atoms with Crippen molar-refractivity contribution < 1.29 is 14.3 Å². The van der Waals surface area contributed by atoms with Gasteiger partial charge < -0.3 is 20.9 Å². The van der Waals surface area contributed by atoms with Crippen LogP contribution < -0.4 is 20.9 Å². The number of carbonyl (C=O) groups is 1. The predicted molar refractivity (Wildman–Crippen MR) is 100 cm³/mol. The molecule has 2 rings (SSSR count). The summed E-state index contributed by atoms with van der Waals surface area (Å²) in [7, 11) is 0. The molecular weight excluding hydrogens is 423 g/mol. The zero-order valence-corrected chi connectivity index (χ0v) is 15.8. The Labute approximate surface area is 153 Å². The number of rotatable bonds is 6. The molecule has 0 saturated heterocycles. The largest absolute Gasteiger partial charge is 0.485 e. The van der Waals surface area contributed by atoms with E-state index in [9.17, 15) is 4.79 Å². The van der Waals surface area contributed by atoms with Crippen LogP contribution in [0.1, 0.15) is 32.3 Å². The summed E-state index contributed by atoms with van der Waals surface area (Å²) in [5.74, 6) is 2.00. The lowest BCUT2D eigenvalue weighted by Crippen LogP contribution is -2.08. The monoisotopic (exact) mass is 442 g/mol. The van der Waals surface area contributed by atoms with Crippen molar-refractivity contribution in [2.45, 2.75) is 26.7 Å². The maximum absolute atomic E-state index is 11.1. The highest BCUT2D eigenvalue weighted by molar-refractivity contribution is 14.1. The summed E-state index contributed by atoms with van der Waals surface area (Å²) in [5.41, 5.74) is 12.2. The lowest BCUT2D eigenvalue weighted by atomic mass is 10.0. The zero-order chi connectivity index (χ0) is 17.9. The number of halogens is 1. The minimum atomic E-state index is -0.0379. The molecule has 128 valence electrons. The average Bonchev–Trinajstić information content (AvgIpc) is 2.48. The van der Waals surface area contributed by atoms with Crippen molar-refractivity contribution in [3.05, 3.63) is 27.5 Å². The van der Waals surface area contributed by atoms with Crippen molar-refractivity contribution in [2.75, 3.05) is 18.1 Å². The van der Waals surface area contributed by atoms with Crippen molar-refractivity contribution in [3.63, 3.8) is 0 Å². The molecule has 0 amide bonds. The van der Waals surface area contributed by atoms with Crippen molar-refractivity contribution in [1.29, 1.82) is 0 Å². The first-order valence-electron chi connectivity index (χ1n) is 7.29. The van der Waals surface area contributed by atoms with E-state index in [0.29, 0.717) is 17.2 Å². The van der Waals surface area contributed by atoms with Gasteiger partial charge in [0.1, 0.15) is 18.1 Å². The van der Waals surface area contributed by atoms with Gasteiger partial charge in [-0.1, -0.05) is 13.8 Å². The van der Waals surface area contributed by atoms with Crippen molar-refractivity contribution >= 4 is 40.1 Å². The molecule has 2 aromatic rings. The van der Waals surface area contributed by atoms with Crippen LogP contribution in [-0.2, 0) is 4.79 Å². The van der Waals surface area contributed by atoms with Crippen LogP contribution >= 0.6 is 22.6 Å². The van der Waals surface area contributed by atoms with Crippen LogP contribution in [0.5, 0.6) is 17.2 Å². The number of ether oxygens (including phenoxy) is 2. The van der Waals surface area contributed by atoms with Crippen molar-refractivity contribution in [3.8, 4) is 17.2 Å². The number of nitrogens with zero attached hydrogens (tertiary/aromatic N) is 2. The van der Waals surface area contributed by atoms with Gasteiger partial charge in [0.25, 0.3) is 0 Å². The molecule has 0 bridgehead atoms. The van der Waals surface area contributed by atoms with Gasteiger partial charge in [-0.3, -0.25) is 4.79 Å². The Bertz CT molecular complexity index is 765. The molecule has 0 aliphatic rings. The number of nitrogens with two attached hydrogens (primary N) is 2. The maximum atomic E-state index is 11.1. The first-order chi connectivity index (χ1) is 11.3. The molecule has 4 N–H and O–H groups in total. The molecule has 24 heavy (non-hydrogen) atoms. The smallest absolute Gasteiger partial charge is 0.222 e. The van der Waals surface area contributed by atoms with E-state index in [-0.39, 0.29) is 30.1 Å². The van der Waals surface area contributed by atoms with Gasteiger partial charge in [0.05, 0.1) is 9.77 Å². The van der Waals surface area contributed by atoms with Crippen LogP contribution in [0, 0.1) is 3.57 Å². The number of benzene rings is 1. The number of Topliss-reactive ketones (excluding diaryl/α,β-unsaturated/α-hetero) is 1. The highest BCUT2D eigenvalue weighted by atomic mass is 127. The molecule has 0 unspecified atom stereocenters.